The van der Waals surface area contributed by atoms with E-state index in [1.165, 1.54) is 12.1 Å². The van der Waals surface area contributed by atoms with E-state index in [2.05, 4.69) is 5.32 Å². The van der Waals surface area contributed by atoms with Crippen molar-refractivity contribution in [1.82, 2.24) is 5.32 Å². The molecule has 0 saturated heterocycles. The molecule has 3 rings (SSSR count). The van der Waals surface area contributed by atoms with Gasteiger partial charge in [-0.2, -0.15) is 8.42 Å². The molecule has 0 aromatic heterocycles. The van der Waals surface area contributed by atoms with Gasteiger partial charge in [0, 0.05) is 6.54 Å². The number of benzene rings is 3. The predicted octanol–water partition coefficient (Wildman–Crippen LogP) is 4.42. The Morgan fingerprint density at radius 2 is 1.52 bits per heavy atom. The fourth-order valence-electron chi connectivity index (χ4n) is 3.19. The average molecular weight is 468 g/mol. The van der Waals surface area contributed by atoms with E-state index >= 15 is 0 Å². The van der Waals surface area contributed by atoms with Gasteiger partial charge in [0.05, 0.1) is 6.10 Å². The summed E-state index contributed by atoms with van der Waals surface area (Å²) >= 11 is 0. The highest BCUT2D eigenvalue weighted by molar-refractivity contribution is 7.87. The van der Waals surface area contributed by atoms with Crippen molar-refractivity contribution < 1.29 is 22.1 Å². The van der Waals surface area contributed by atoms with E-state index < -0.39 is 16.2 Å². The lowest BCUT2D eigenvalue weighted by atomic mass is 10.1. The summed E-state index contributed by atoms with van der Waals surface area (Å²) in [5, 5.41) is 3.27. The van der Waals surface area contributed by atoms with Gasteiger partial charge in [0.15, 0.2) is 0 Å². The van der Waals surface area contributed by atoms with Crippen LogP contribution in [-0.4, -0.2) is 26.5 Å². The fourth-order valence-corrected chi connectivity index (χ4v) is 4.12. The third-order valence-corrected chi connectivity index (χ3v) is 6.17. The molecule has 0 heterocycles. The van der Waals surface area contributed by atoms with Crippen LogP contribution in [0.4, 0.5) is 0 Å². The molecule has 0 bridgehead atoms. The number of carbonyl (C=O) groups excluding carboxylic acids is 1. The SMILES string of the molecule is Cc1ccc(S(=O)(=O)Oc2ccc(C[C@H](NCc3ccccc3)C(=O)OC(C)C)cc2)cc1. The van der Waals surface area contributed by atoms with Gasteiger partial charge in [-0.25, -0.2) is 0 Å². The summed E-state index contributed by atoms with van der Waals surface area (Å²) in [5.41, 5.74) is 2.87. The molecule has 6 nitrogen and oxygen atoms in total. The highest BCUT2D eigenvalue weighted by Crippen LogP contribution is 2.20. The maximum absolute atomic E-state index is 12.6. The molecule has 33 heavy (non-hydrogen) atoms. The highest BCUT2D eigenvalue weighted by Gasteiger charge is 2.22. The average Bonchev–Trinajstić information content (AvgIpc) is 2.78. The Bertz CT molecular complexity index is 1140. The van der Waals surface area contributed by atoms with E-state index in [1.54, 1.807) is 36.4 Å². The zero-order valence-electron chi connectivity index (χ0n) is 19.0. The Kier molecular flexibility index (Phi) is 8.25. The first-order valence-corrected chi connectivity index (χ1v) is 12.2. The Morgan fingerprint density at radius 3 is 2.12 bits per heavy atom. The van der Waals surface area contributed by atoms with Gasteiger partial charge in [0.25, 0.3) is 0 Å². The van der Waals surface area contributed by atoms with Crippen LogP contribution in [0, 0.1) is 6.92 Å². The minimum absolute atomic E-state index is 0.0961. The van der Waals surface area contributed by atoms with E-state index in [4.69, 9.17) is 8.92 Å². The second-order valence-electron chi connectivity index (χ2n) is 8.10. The van der Waals surface area contributed by atoms with Gasteiger partial charge in [0.2, 0.25) is 0 Å². The summed E-state index contributed by atoms with van der Waals surface area (Å²) in [4.78, 5) is 12.7. The van der Waals surface area contributed by atoms with Crippen molar-refractivity contribution in [2.45, 2.75) is 50.8 Å². The van der Waals surface area contributed by atoms with Crippen LogP contribution in [0.5, 0.6) is 5.75 Å². The number of carbonyl (C=O) groups is 1. The molecule has 0 unspecified atom stereocenters. The minimum Gasteiger partial charge on any atom is -0.462 e. The molecule has 0 radical (unpaired) electrons. The number of hydrogen-bond donors (Lipinski definition) is 1. The minimum atomic E-state index is -3.92. The van der Waals surface area contributed by atoms with Gasteiger partial charge in [-0.1, -0.05) is 60.2 Å². The fraction of sp³-hybridized carbons (Fsp3) is 0.269. The van der Waals surface area contributed by atoms with Crippen molar-refractivity contribution in [3.05, 3.63) is 95.6 Å². The molecule has 0 amide bonds. The summed E-state index contributed by atoms with van der Waals surface area (Å²) in [6, 6.07) is 22.4. The van der Waals surface area contributed by atoms with Crippen LogP contribution in [0.1, 0.15) is 30.5 Å². The van der Waals surface area contributed by atoms with Crippen molar-refractivity contribution >= 4 is 16.1 Å². The second kappa shape index (κ2) is 11.1. The molecule has 1 N–H and O–H groups in total. The standard InChI is InChI=1S/C26H29NO5S/c1-19(2)31-26(28)25(27-18-22-7-5-4-6-8-22)17-21-11-13-23(14-12-21)32-33(29,30)24-15-9-20(3)10-16-24/h4-16,19,25,27H,17-18H2,1-3H3/t25-/m0/s1. The zero-order chi connectivity index (χ0) is 23.8. The van der Waals surface area contributed by atoms with Crippen molar-refractivity contribution in [2.24, 2.45) is 0 Å². The van der Waals surface area contributed by atoms with Crippen LogP contribution < -0.4 is 9.50 Å². The molecule has 0 aliphatic heterocycles. The molecule has 0 spiro atoms. The van der Waals surface area contributed by atoms with E-state index in [0.29, 0.717) is 13.0 Å². The van der Waals surface area contributed by atoms with Crippen LogP contribution in [0.25, 0.3) is 0 Å². The van der Waals surface area contributed by atoms with Gasteiger partial charge in [-0.05, 0) is 62.6 Å². The quantitative estimate of drug-likeness (QED) is 0.351. The number of esters is 1. The summed E-state index contributed by atoms with van der Waals surface area (Å²) in [7, 11) is -3.92. The first-order chi connectivity index (χ1) is 15.7. The molecular weight excluding hydrogens is 438 g/mol. The van der Waals surface area contributed by atoms with Crippen LogP contribution in [-0.2, 0) is 32.6 Å². The molecule has 0 fully saturated rings. The number of aryl methyl sites for hydroxylation is 1. The lowest BCUT2D eigenvalue weighted by Crippen LogP contribution is -2.40. The topological polar surface area (TPSA) is 81.7 Å². The summed E-state index contributed by atoms with van der Waals surface area (Å²) in [5.74, 6) is -0.124. The van der Waals surface area contributed by atoms with E-state index in [9.17, 15) is 13.2 Å². The molecule has 7 heteroatoms. The van der Waals surface area contributed by atoms with Crippen molar-refractivity contribution in [1.29, 1.82) is 0 Å². The molecule has 0 aliphatic carbocycles. The Morgan fingerprint density at radius 1 is 0.879 bits per heavy atom. The number of rotatable bonds is 10. The number of nitrogens with one attached hydrogen (secondary N) is 1. The monoisotopic (exact) mass is 467 g/mol. The first-order valence-electron chi connectivity index (χ1n) is 10.8. The largest absolute Gasteiger partial charge is 0.462 e. The van der Waals surface area contributed by atoms with E-state index in [-0.39, 0.29) is 22.7 Å². The van der Waals surface area contributed by atoms with Gasteiger partial charge < -0.3 is 14.2 Å². The summed E-state index contributed by atoms with van der Waals surface area (Å²) < 4.78 is 35.7. The van der Waals surface area contributed by atoms with Crippen molar-refractivity contribution in [3.63, 3.8) is 0 Å². The highest BCUT2D eigenvalue weighted by atomic mass is 32.2. The Balaban J connectivity index is 1.68. The van der Waals surface area contributed by atoms with E-state index in [1.807, 2.05) is 51.1 Å². The van der Waals surface area contributed by atoms with Gasteiger partial charge in [-0.3, -0.25) is 4.79 Å². The molecule has 1 atom stereocenters. The van der Waals surface area contributed by atoms with E-state index in [0.717, 1.165) is 16.7 Å². The predicted molar refractivity (Wildman–Crippen MR) is 127 cm³/mol. The van der Waals surface area contributed by atoms with Crippen LogP contribution in [0.3, 0.4) is 0 Å². The maximum atomic E-state index is 12.6. The van der Waals surface area contributed by atoms with Crippen molar-refractivity contribution in [2.75, 3.05) is 0 Å². The van der Waals surface area contributed by atoms with Gasteiger partial charge in [0.1, 0.15) is 16.7 Å². The maximum Gasteiger partial charge on any atom is 0.339 e. The lowest BCUT2D eigenvalue weighted by Gasteiger charge is -2.19. The third-order valence-electron chi connectivity index (χ3n) is 4.91. The van der Waals surface area contributed by atoms with Gasteiger partial charge in [-0.15, -0.1) is 0 Å². The number of hydrogen-bond acceptors (Lipinski definition) is 6. The molecule has 174 valence electrons. The molecular formula is C26H29NO5S. The van der Waals surface area contributed by atoms with Crippen LogP contribution >= 0.6 is 0 Å². The zero-order valence-corrected chi connectivity index (χ0v) is 19.8. The summed E-state index contributed by atoms with van der Waals surface area (Å²) in [6.45, 7) is 6.03. The second-order valence-corrected chi connectivity index (χ2v) is 9.65. The van der Waals surface area contributed by atoms with Gasteiger partial charge >= 0.3 is 16.1 Å². The third kappa shape index (κ3) is 7.44. The Labute approximate surface area is 195 Å². The van der Waals surface area contributed by atoms with Crippen LogP contribution in [0.15, 0.2) is 83.8 Å². The normalized spacial score (nSPS) is 12.4. The molecule has 3 aromatic rings. The Hall–Kier alpha value is -3.16. The number of ether oxygens (including phenoxy) is 1. The lowest BCUT2D eigenvalue weighted by molar-refractivity contribution is -0.150. The summed E-state index contributed by atoms with van der Waals surface area (Å²) in [6.07, 6.45) is 0.171. The first kappa shape index (κ1) is 24.5. The smallest absolute Gasteiger partial charge is 0.339 e. The van der Waals surface area contributed by atoms with Crippen LogP contribution in [0.2, 0.25) is 0 Å². The molecule has 3 aromatic carbocycles. The molecule has 0 saturated carbocycles. The van der Waals surface area contributed by atoms with Crippen molar-refractivity contribution in [3.8, 4) is 5.75 Å². The molecule has 0 aliphatic rings.